The van der Waals surface area contributed by atoms with Crippen molar-refractivity contribution in [3.8, 4) is 6.07 Å². The van der Waals surface area contributed by atoms with E-state index in [1.165, 1.54) is 12.8 Å². The van der Waals surface area contributed by atoms with E-state index >= 15 is 0 Å². The number of nitriles is 1. The molecule has 2 aliphatic rings. The van der Waals surface area contributed by atoms with E-state index < -0.39 is 0 Å². The molecule has 1 aliphatic heterocycles. The number of piperidine rings is 1. The lowest BCUT2D eigenvalue weighted by molar-refractivity contribution is -0.134. The van der Waals surface area contributed by atoms with Crippen molar-refractivity contribution in [1.29, 1.82) is 5.26 Å². The number of nitrogens with zero attached hydrogens (tertiary/aromatic N) is 2. The zero-order valence-electron chi connectivity index (χ0n) is 9.43. The molecule has 4 heteroatoms. The molecule has 2 fully saturated rings. The van der Waals surface area contributed by atoms with Gasteiger partial charge < -0.3 is 10.0 Å². The molecule has 1 saturated carbocycles. The Morgan fingerprint density at radius 2 is 2.19 bits per heavy atom. The summed E-state index contributed by atoms with van der Waals surface area (Å²) in [6, 6.07) is 1.89. The van der Waals surface area contributed by atoms with Gasteiger partial charge in [-0.05, 0) is 18.8 Å². The minimum Gasteiger partial charge on any atom is -0.393 e. The van der Waals surface area contributed by atoms with Crippen LogP contribution < -0.4 is 0 Å². The lowest BCUT2D eigenvalue weighted by Gasteiger charge is -2.36. The van der Waals surface area contributed by atoms with Crippen molar-refractivity contribution in [2.24, 2.45) is 11.8 Å². The van der Waals surface area contributed by atoms with Crippen molar-refractivity contribution in [2.45, 2.75) is 38.2 Å². The Hall–Kier alpha value is -1.08. The number of hydrogen-bond donors (Lipinski definition) is 1. The molecule has 1 N–H and O–H groups in total. The number of rotatable bonds is 3. The molecule has 16 heavy (non-hydrogen) atoms. The van der Waals surface area contributed by atoms with Gasteiger partial charge in [-0.1, -0.05) is 12.8 Å². The zero-order valence-corrected chi connectivity index (χ0v) is 9.43. The maximum Gasteiger partial charge on any atom is 0.236 e. The Kier molecular flexibility index (Phi) is 3.45. The molecule has 0 aromatic rings. The monoisotopic (exact) mass is 222 g/mol. The second-order valence-corrected chi connectivity index (χ2v) is 4.97. The summed E-state index contributed by atoms with van der Waals surface area (Å²) in [4.78, 5) is 13.3. The van der Waals surface area contributed by atoms with Crippen LogP contribution in [0.5, 0.6) is 0 Å². The number of aliphatic hydroxyl groups is 1. The van der Waals surface area contributed by atoms with E-state index in [2.05, 4.69) is 0 Å². The van der Waals surface area contributed by atoms with E-state index in [4.69, 9.17) is 5.26 Å². The summed E-state index contributed by atoms with van der Waals surface area (Å²) in [5.41, 5.74) is 0. The number of aliphatic hydroxyl groups excluding tert-OH is 1. The number of carbonyl (C=O) groups is 1. The number of likely N-dealkylation sites (tertiary alicyclic amines) is 1. The van der Waals surface area contributed by atoms with Crippen LogP contribution >= 0.6 is 0 Å². The van der Waals surface area contributed by atoms with Crippen LogP contribution in [0.1, 0.15) is 32.1 Å². The Labute approximate surface area is 95.9 Å². The van der Waals surface area contributed by atoms with Crippen LogP contribution in [0.25, 0.3) is 0 Å². The zero-order chi connectivity index (χ0) is 11.5. The van der Waals surface area contributed by atoms with Crippen molar-refractivity contribution >= 4 is 5.91 Å². The van der Waals surface area contributed by atoms with Gasteiger partial charge in [-0.25, -0.2) is 0 Å². The second-order valence-electron chi connectivity index (χ2n) is 4.97. The van der Waals surface area contributed by atoms with Gasteiger partial charge in [0.1, 0.15) is 6.42 Å². The summed E-state index contributed by atoms with van der Waals surface area (Å²) in [6.45, 7) is 1.24. The molecule has 88 valence electrons. The number of amides is 1. The third kappa shape index (κ3) is 2.73. The summed E-state index contributed by atoms with van der Waals surface area (Å²) < 4.78 is 0. The van der Waals surface area contributed by atoms with Crippen LogP contribution in [0, 0.1) is 23.2 Å². The highest BCUT2D eigenvalue weighted by atomic mass is 16.3. The first-order valence-corrected chi connectivity index (χ1v) is 6.03. The molecular weight excluding hydrogens is 204 g/mol. The molecule has 2 atom stereocenters. The summed E-state index contributed by atoms with van der Waals surface area (Å²) in [7, 11) is 0. The average Bonchev–Trinajstić information content (AvgIpc) is 3.05. The third-order valence-corrected chi connectivity index (χ3v) is 3.61. The van der Waals surface area contributed by atoms with Crippen molar-refractivity contribution in [3.05, 3.63) is 0 Å². The fourth-order valence-corrected chi connectivity index (χ4v) is 2.44. The van der Waals surface area contributed by atoms with Gasteiger partial charge in [0.05, 0.1) is 12.2 Å². The van der Waals surface area contributed by atoms with Crippen LogP contribution in [-0.2, 0) is 4.79 Å². The van der Waals surface area contributed by atoms with Crippen LogP contribution in [0.3, 0.4) is 0 Å². The average molecular weight is 222 g/mol. The molecule has 1 amide bonds. The lowest BCUT2D eigenvalue weighted by atomic mass is 9.89. The van der Waals surface area contributed by atoms with Crippen LogP contribution in [0.15, 0.2) is 0 Å². The summed E-state index contributed by atoms with van der Waals surface area (Å²) in [5, 5.41) is 18.4. The Morgan fingerprint density at radius 1 is 1.44 bits per heavy atom. The smallest absolute Gasteiger partial charge is 0.236 e. The molecular formula is C12H18N2O2. The Bertz CT molecular complexity index is 307. The Morgan fingerprint density at radius 3 is 2.81 bits per heavy atom. The van der Waals surface area contributed by atoms with E-state index in [0.717, 1.165) is 12.3 Å². The SMILES string of the molecule is N#CCC(=O)N1CC[C@@H](O)[C@@H](CC2CC2)C1. The van der Waals surface area contributed by atoms with E-state index in [-0.39, 0.29) is 24.3 Å². The predicted molar refractivity (Wildman–Crippen MR) is 58.3 cm³/mol. The molecule has 1 aliphatic carbocycles. The van der Waals surface area contributed by atoms with Gasteiger partial charge in [-0.2, -0.15) is 5.26 Å². The van der Waals surface area contributed by atoms with E-state index in [9.17, 15) is 9.90 Å². The maximum absolute atomic E-state index is 11.6. The van der Waals surface area contributed by atoms with Crippen molar-refractivity contribution in [3.63, 3.8) is 0 Å². The van der Waals surface area contributed by atoms with Gasteiger partial charge in [-0.15, -0.1) is 0 Å². The predicted octanol–water partition coefficient (Wildman–Crippen LogP) is 0.910. The molecule has 0 aromatic carbocycles. The first-order valence-electron chi connectivity index (χ1n) is 6.03. The molecule has 2 rings (SSSR count). The van der Waals surface area contributed by atoms with E-state index in [1.807, 2.05) is 6.07 Å². The largest absolute Gasteiger partial charge is 0.393 e. The van der Waals surface area contributed by atoms with Gasteiger partial charge in [0.25, 0.3) is 0 Å². The van der Waals surface area contributed by atoms with Gasteiger partial charge >= 0.3 is 0 Å². The fourth-order valence-electron chi connectivity index (χ4n) is 2.44. The minimum atomic E-state index is -0.258. The van der Waals surface area contributed by atoms with Gasteiger partial charge in [-0.3, -0.25) is 4.79 Å². The molecule has 4 nitrogen and oxygen atoms in total. The molecule has 0 bridgehead atoms. The molecule has 0 aromatic heterocycles. The van der Waals surface area contributed by atoms with Crippen LogP contribution in [0.2, 0.25) is 0 Å². The van der Waals surface area contributed by atoms with E-state index in [0.29, 0.717) is 19.5 Å². The Balaban J connectivity index is 1.87. The summed E-state index contributed by atoms with van der Waals surface area (Å²) >= 11 is 0. The summed E-state index contributed by atoms with van der Waals surface area (Å²) in [6.07, 6.45) is 3.95. The highest BCUT2D eigenvalue weighted by molar-refractivity contribution is 5.78. The van der Waals surface area contributed by atoms with Crippen molar-refractivity contribution in [1.82, 2.24) is 4.90 Å². The third-order valence-electron chi connectivity index (χ3n) is 3.61. The first kappa shape index (κ1) is 11.4. The minimum absolute atomic E-state index is 0.0355. The van der Waals surface area contributed by atoms with Crippen LogP contribution in [-0.4, -0.2) is 35.1 Å². The number of hydrogen-bond acceptors (Lipinski definition) is 3. The molecule has 0 unspecified atom stereocenters. The summed E-state index contributed by atoms with van der Waals surface area (Å²) in [5.74, 6) is 0.907. The first-order chi connectivity index (χ1) is 7.70. The van der Waals surface area contributed by atoms with Crippen LogP contribution in [0.4, 0.5) is 0 Å². The second kappa shape index (κ2) is 4.84. The quantitative estimate of drug-likeness (QED) is 0.772. The van der Waals surface area contributed by atoms with E-state index in [1.54, 1.807) is 4.90 Å². The lowest BCUT2D eigenvalue weighted by Crippen LogP contribution is -2.46. The van der Waals surface area contributed by atoms with Crippen molar-refractivity contribution in [2.75, 3.05) is 13.1 Å². The molecule has 0 spiro atoms. The number of carbonyl (C=O) groups excluding carboxylic acids is 1. The van der Waals surface area contributed by atoms with Gasteiger partial charge in [0.15, 0.2) is 0 Å². The standard InChI is InChI=1S/C12H18N2O2/c13-5-3-12(16)14-6-4-11(15)10(8-14)7-9-1-2-9/h9-11,15H,1-4,6-8H2/t10-,11+/m0/s1. The highest BCUT2D eigenvalue weighted by Crippen LogP contribution is 2.37. The molecule has 1 saturated heterocycles. The van der Waals surface area contributed by atoms with Gasteiger partial charge in [0.2, 0.25) is 5.91 Å². The fraction of sp³-hybridized carbons (Fsp3) is 0.833. The molecule has 0 radical (unpaired) electrons. The maximum atomic E-state index is 11.6. The highest BCUT2D eigenvalue weighted by Gasteiger charge is 2.34. The van der Waals surface area contributed by atoms with Crippen molar-refractivity contribution < 1.29 is 9.90 Å². The van der Waals surface area contributed by atoms with Gasteiger partial charge in [0, 0.05) is 19.0 Å². The molecule has 1 heterocycles. The normalized spacial score (nSPS) is 29.9. The topological polar surface area (TPSA) is 64.3 Å².